The summed E-state index contributed by atoms with van der Waals surface area (Å²) in [6.45, 7) is 5.08. The largest absolute Gasteiger partial charge is 0.324 e. The molecule has 0 saturated carbocycles. The van der Waals surface area contributed by atoms with Crippen molar-refractivity contribution in [2.75, 3.05) is 6.54 Å². The SMILES string of the molecule is CCCNC(C)c1nnc(-c2ccc([N+](=O)[O-])s2)s1. The zero-order valence-corrected chi connectivity index (χ0v) is 12.3. The summed E-state index contributed by atoms with van der Waals surface area (Å²) in [5, 5.41) is 24.0. The van der Waals surface area contributed by atoms with Crippen LogP contribution in [-0.2, 0) is 0 Å². The van der Waals surface area contributed by atoms with E-state index in [9.17, 15) is 10.1 Å². The Bertz CT molecular complexity index is 567. The van der Waals surface area contributed by atoms with Crippen LogP contribution in [0.15, 0.2) is 12.1 Å². The molecule has 0 aliphatic heterocycles. The lowest BCUT2D eigenvalue weighted by Gasteiger charge is -2.08. The van der Waals surface area contributed by atoms with Crippen molar-refractivity contribution in [2.45, 2.75) is 26.3 Å². The zero-order chi connectivity index (χ0) is 13.8. The maximum absolute atomic E-state index is 10.7. The number of nitrogens with one attached hydrogen (secondary N) is 1. The standard InChI is InChI=1S/C11H14N4O2S2/c1-3-6-12-7(2)10-13-14-11(19-10)8-4-5-9(18-8)15(16)17/h4-5,7,12H,3,6H2,1-2H3. The predicted molar refractivity (Wildman–Crippen MR) is 76.6 cm³/mol. The van der Waals surface area contributed by atoms with E-state index in [1.165, 1.54) is 17.4 Å². The third-order valence-corrected chi connectivity index (χ3v) is 4.81. The predicted octanol–water partition coefficient (Wildman–Crippen LogP) is 3.24. The van der Waals surface area contributed by atoms with Crippen LogP contribution in [0.2, 0.25) is 0 Å². The molecule has 0 aliphatic rings. The van der Waals surface area contributed by atoms with E-state index in [0.717, 1.165) is 39.2 Å². The molecule has 1 N–H and O–H groups in total. The lowest BCUT2D eigenvalue weighted by Crippen LogP contribution is -2.18. The van der Waals surface area contributed by atoms with Crippen LogP contribution < -0.4 is 5.32 Å². The molecule has 102 valence electrons. The van der Waals surface area contributed by atoms with Gasteiger partial charge in [-0.25, -0.2) is 0 Å². The summed E-state index contributed by atoms with van der Waals surface area (Å²) in [4.78, 5) is 11.1. The Morgan fingerprint density at radius 3 is 2.84 bits per heavy atom. The normalized spacial score (nSPS) is 12.5. The molecular weight excluding hydrogens is 284 g/mol. The Hall–Kier alpha value is -1.38. The first-order chi connectivity index (χ1) is 9.11. The van der Waals surface area contributed by atoms with Gasteiger partial charge in [-0.15, -0.1) is 10.2 Å². The molecule has 2 aromatic rings. The Morgan fingerprint density at radius 2 is 2.21 bits per heavy atom. The minimum Gasteiger partial charge on any atom is -0.308 e. The van der Waals surface area contributed by atoms with Gasteiger partial charge in [0.1, 0.15) is 5.01 Å². The summed E-state index contributed by atoms with van der Waals surface area (Å²) in [6, 6.07) is 3.37. The summed E-state index contributed by atoms with van der Waals surface area (Å²) in [6.07, 6.45) is 1.06. The molecule has 0 bridgehead atoms. The van der Waals surface area contributed by atoms with Crippen LogP contribution in [0.5, 0.6) is 0 Å². The summed E-state index contributed by atoms with van der Waals surface area (Å²) < 4.78 is 0. The Kier molecular flexibility index (Phi) is 4.56. The van der Waals surface area contributed by atoms with Crippen LogP contribution in [0.3, 0.4) is 0 Å². The fourth-order valence-electron chi connectivity index (χ4n) is 1.50. The molecule has 0 spiro atoms. The second-order valence-corrected chi connectivity index (χ2v) is 6.09. The third-order valence-electron chi connectivity index (χ3n) is 2.49. The third kappa shape index (κ3) is 3.34. The highest BCUT2D eigenvalue weighted by molar-refractivity contribution is 7.23. The van der Waals surface area contributed by atoms with Gasteiger partial charge in [0.15, 0.2) is 5.01 Å². The van der Waals surface area contributed by atoms with Gasteiger partial charge in [-0.2, -0.15) is 0 Å². The van der Waals surface area contributed by atoms with Gasteiger partial charge in [0.25, 0.3) is 0 Å². The molecule has 0 fully saturated rings. The molecule has 1 unspecified atom stereocenters. The first-order valence-corrected chi connectivity index (χ1v) is 7.56. The average molecular weight is 298 g/mol. The van der Waals surface area contributed by atoms with E-state index in [1.807, 2.05) is 6.92 Å². The van der Waals surface area contributed by atoms with E-state index in [2.05, 4.69) is 22.4 Å². The van der Waals surface area contributed by atoms with Crippen LogP contribution in [0.4, 0.5) is 5.00 Å². The van der Waals surface area contributed by atoms with Crippen molar-refractivity contribution < 1.29 is 4.92 Å². The van der Waals surface area contributed by atoms with Gasteiger partial charge in [0.2, 0.25) is 0 Å². The van der Waals surface area contributed by atoms with Crippen molar-refractivity contribution >= 4 is 27.7 Å². The number of thiophene rings is 1. The second-order valence-electron chi connectivity index (χ2n) is 4.02. The van der Waals surface area contributed by atoms with Crippen LogP contribution in [0.1, 0.15) is 31.3 Å². The fraction of sp³-hybridized carbons (Fsp3) is 0.455. The lowest BCUT2D eigenvalue weighted by molar-refractivity contribution is -0.380. The topological polar surface area (TPSA) is 81.0 Å². The molecule has 0 saturated heterocycles. The van der Waals surface area contributed by atoms with Crippen LogP contribution in [0.25, 0.3) is 9.88 Å². The first kappa shape index (κ1) is 14.0. The van der Waals surface area contributed by atoms with Crippen LogP contribution in [-0.4, -0.2) is 21.7 Å². The van der Waals surface area contributed by atoms with E-state index in [4.69, 9.17) is 0 Å². The van der Waals surface area contributed by atoms with Gasteiger partial charge in [-0.1, -0.05) is 29.6 Å². The Morgan fingerprint density at radius 1 is 1.42 bits per heavy atom. The van der Waals surface area contributed by atoms with Crippen LogP contribution in [0, 0.1) is 10.1 Å². The second kappa shape index (κ2) is 6.18. The molecule has 0 aliphatic carbocycles. The number of nitro groups is 1. The summed E-state index contributed by atoms with van der Waals surface area (Å²) in [7, 11) is 0. The number of nitrogens with zero attached hydrogens (tertiary/aromatic N) is 3. The van der Waals surface area contributed by atoms with E-state index >= 15 is 0 Å². The summed E-state index contributed by atoms with van der Waals surface area (Å²) in [5.74, 6) is 0. The number of aromatic nitrogens is 2. The zero-order valence-electron chi connectivity index (χ0n) is 10.6. The van der Waals surface area contributed by atoms with Crippen LogP contribution >= 0.6 is 22.7 Å². The maximum Gasteiger partial charge on any atom is 0.324 e. The number of hydrogen-bond donors (Lipinski definition) is 1. The van der Waals surface area contributed by atoms with Crippen molar-refractivity contribution in [1.82, 2.24) is 15.5 Å². The fourth-order valence-corrected chi connectivity index (χ4v) is 3.24. The lowest BCUT2D eigenvalue weighted by atomic mass is 10.3. The maximum atomic E-state index is 10.7. The van der Waals surface area contributed by atoms with Crippen molar-refractivity contribution in [3.63, 3.8) is 0 Å². The minimum absolute atomic E-state index is 0.129. The molecule has 0 radical (unpaired) electrons. The quantitative estimate of drug-likeness (QED) is 0.654. The van der Waals surface area contributed by atoms with E-state index in [-0.39, 0.29) is 16.0 Å². The molecule has 2 rings (SSSR count). The number of hydrogen-bond acceptors (Lipinski definition) is 7. The monoisotopic (exact) mass is 298 g/mol. The van der Waals surface area contributed by atoms with E-state index in [0.29, 0.717) is 0 Å². The van der Waals surface area contributed by atoms with Gasteiger partial charge >= 0.3 is 5.00 Å². The van der Waals surface area contributed by atoms with Gasteiger partial charge < -0.3 is 5.32 Å². The molecule has 0 amide bonds. The molecule has 1 atom stereocenters. The molecule has 6 nitrogen and oxygen atoms in total. The highest BCUT2D eigenvalue weighted by Crippen LogP contribution is 2.35. The summed E-state index contributed by atoms with van der Waals surface area (Å²) in [5.41, 5.74) is 0. The molecule has 2 heterocycles. The smallest absolute Gasteiger partial charge is 0.308 e. The highest BCUT2D eigenvalue weighted by atomic mass is 32.1. The van der Waals surface area contributed by atoms with Gasteiger partial charge in [0, 0.05) is 6.07 Å². The van der Waals surface area contributed by atoms with Gasteiger partial charge in [-0.3, -0.25) is 10.1 Å². The first-order valence-electron chi connectivity index (χ1n) is 5.93. The van der Waals surface area contributed by atoms with E-state index in [1.54, 1.807) is 6.07 Å². The van der Waals surface area contributed by atoms with Crippen molar-refractivity contribution in [3.05, 3.63) is 27.3 Å². The molecular formula is C11H14N4O2S2. The van der Waals surface area contributed by atoms with Crippen molar-refractivity contribution in [3.8, 4) is 9.88 Å². The molecule has 8 heteroatoms. The molecule has 19 heavy (non-hydrogen) atoms. The average Bonchev–Trinajstić information content (AvgIpc) is 3.03. The Balaban J connectivity index is 2.13. The Labute approximate surface area is 118 Å². The summed E-state index contributed by atoms with van der Waals surface area (Å²) >= 11 is 2.60. The van der Waals surface area contributed by atoms with Gasteiger partial charge in [0.05, 0.1) is 15.8 Å². The number of rotatable bonds is 6. The minimum atomic E-state index is -0.387. The van der Waals surface area contributed by atoms with Crippen molar-refractivity contribution in [1.29, 1.82) is 0 Å². The molecule has 2 aromatic heterocycles. The van der Waals surface area contributed by atoms with Crippen molar-refractivity contribution in [2.24, 2.45) is 0 Å². The van der Waals surface area contributed by atoms with E-state index < -0.39 is 0 Å². The highest BCUT2D eigenvalue weighted by Gasteiger charge is 2.16. The molecule has 0 aromatic carbocycles. The van der Waals surface area contributed by atoms with Gasteiger partial charge in [-0.05, 0) is 26.0 Å².